The predicted molar refractivity (Wildman–Crippen MR) is 63.1 cm³/mol. The fourth-order valence-corrected chi connectivity index (χ4v) is 2.28. The van der Waals surface area contributed by atoms with Gasteiger partial charge in [-0.1, -0.05) is 16.6 Å². The Morgan fingerprint density at radius 2 is 2.18 bits per heavy atom. The molecular weight excluding hydrogens is 238 g/mol. The Balaban J connectivity index is 2.28. The summed E-state index contributed by atoms with van der Waals surface area (Å²) in [5.74, 6) is -0.591. The van der Waals surface area contributed by atoms with Crippen molar-refractivity contribution in [3.63, 3.8) is 0 Å². The topological polar surface area (TPSA) is 86.7 Å². The molecule has 0 aliphatic carbocycles. The number of carbonyl (C=O) groups is 1. The molecule has 0 aliphatic rings. The summed E-state index contributed by atoms with van der Waals surface area (Å²) in [7, 11) is 0. The molecule has 0 unspecified atom stereocenters. The van der Waals surface area contributed by atoms with E-state index >= 15 is 0 Å². The minimum Gasteiger partial charge on any atom is -0.364 e. The highest BCUT2D eigenvalue weighted by atomic mass is 32.1. The average Bonchev–Trinajstić information content (AvgIpc) is 2.94. The van der Waals surface area contributed by atoms with Gasteiger partial charge in [0.15, 0.2) is 10.7 Å². The molecule has 2 aromatic heterocycles. The molecule has 1 amide bonds. The minimum absolute atomic E-state index is 0.165. The SMILES string of the molecule is NC(=O)c1nnsc1-n1cnc2ccccc21. The van der Waals surface area contributed by atoms with E-state index in [1.54, 1.807) is 10.9 Å². The van der Waals surface area contributed by atoms with Crippen molar-refractivity contribution in [3.05, 3.63) is 36.3 Å². The lowest BCUT2D eigenvalue weighted by Gasteiger charge is -2.00. The number of hydrogen-bond acceptors (Lipinski definition) is 5. The molecule has 0 saturated carbocycles. The zero-order valence-electron chi connectivity index (χ0n) is 8.57. The zero-order chi connectivity index (χ0) is 11.8. The van der Waals surface area contributed by atoms with Crippen LogP contribution in [0.25, 0.3) is 16.0 Å². The highest BCUT2D eigenvalue weighted by Crippen LogP contribution is 2.22. The maximum absolute atomic E-state index is 11.2. The third-order valence-electron chi connectivity index (χ3n) is 2.38. The molecule has 0 aliphatic heterocycles. The van der Waals surface area contributed by atoms with Gasteiger partial charge in [0.25, 0.3) is 5.91 Å². The number of rotatable bonds is 2. The molecular formula is C10H7N5OS. The van der Waals surface area contributed by atoms with Crippen LogP contribution in [0.5, 0.6) is 0 Å². The van der Waals surface area contributed by atoms with Crippen molar-refractivity contribution in [2.75, 3.05) is 0 Å². The maximum atomic E-state index is 11.2. The maximum Gasteiger partial charge on any atom is 0.272 e. The van der Waals surface area contributed by atoms with Crippen molar-refractivity contribution >= 4 is 28.5 Å². The monoisotopic (exact) mass is 245 g/mol. The van der Waals surface area contributed by atoms with Gasteiger partial charge in [0.2, 0.25) is 0 Å². The number of nitrogens with two attached hydrogens (primary N) is 1. The van der Waals surface area contributed by atoms with E-state index in [9.17, 15) is 4.79 Å². The Morgan fingerprint density at radius 1 is 1.35 bits per heavy atom. The van der Waals surface area contributed by atoms with Crippen LogP contribution in [0.3, 0.4) is 0 Å². The molecule has 0 spiro atoms. The van der Waals surface area contributed by atoms with Crippen LogP contribution in [-0.4, -0.2) is 25.0 Å². The van der Waals surface area contributed by atoms with E-state index in [4.69, 9.17) is 5.73 Å². The van der Waals surface area contributed by atoms with Crippen molar-refractivity contribution in [1.82, 2.24) is 19.1 Å². The molecule has 2 N–H and O–H groups in total. The summed E-state index contributed by atoms with van der Waals surface area (Å²) in [5, 5.41) is 4.31. The van der Waals surface area contributed by atoms with Crippen LogP contribution in [0.4, 0.5) is 0 Å². The van der Waals surface area contributed by atoms with Crippen LogP contribution < -0.4 is 5.73 Å². The molecule has 0 radical (unpaired) electrons. The standard InChI is InChI=1S/C10H7N5OS/c11-9(16)8-10(17-14-13-8)15-5-12-6-3-1-2-4-7(6)15/h1-5H,(H2,11,16). The van der Waals surface area contributed by atoms with Crippen molar-refractivity contribution in [3.8, 4) is 5.00 Å². The average molecular weight is 245 g/mol. The molecule has 1 aromatic carbocycles. The lowest BCUT2D eigenvalue weighted by atomic mass is 10.3. The van der Waals surface area contributed by atoms with Gasteiger partial charge in [0.05, 0.1) is 11.0 Å². The van der Waals surface area contributed by atoms with Gasteiger partial charge in [-0.25, -0.2) is 4.98 Å². The van der Waals surface area contributed by atoms with E-state index in [0.717, 1.165) is 22.6 Å². The Hall–Kier alpha value is -2.28. The number of carbonyl (C=O) groups excluding carboxylic acids is 1. The Morgan fingerprint density at radius 3 is 3.00 bits per heavy atom. The molecule has 7 heteroatoms. The van der Waals surface area contributed by atoms with Crippen LogP contribution in [0, 0.1) is 0 Å². The summed E-state index contributed by atoms with van der Waals surface area (Å²) in [5.41, 5.74) is 7.14. The first-order valence-corrected chi connectivity index (χ1v) is 5.59. The summed E-state index contributed by atoms with van der Waals surface area (Å²) in [6.07, 6.45) is 1.63. The first kappa shape index (κ1) is 9.91. The van der Waals surface area contributed by atoms with Gasteiger partial charge in [-0.15, -0.1) is 5.10 Å². The van der Waals surface area contributed by atoms with Gasteiger partial charge in [0.1, 0.15) is 6.33 Å². The minimum atomic E-state index is -0.591. The van der Waals surface area contributed by atoms with Crippen molar-refractivity contribution in [1.29, 1.82) is 0 Å². The highest BCUT2D eigenvalue weighted by molar-refractivity contribution is 7.08. The number of imidazole rings is 1. The quantitative estimate of drug-likeness (QED) is 0.729. The second-order valence-corrected chi connectivity index (χ2v) is 4.13. The molecule has 0 fully saturated rings. The summed E-state index contributed by atoms with van der Waals surface area (Å²) in [6, 6.07) is 7.61. The number of fused-ring (bicyclic) bond motifs is 1. The molecule has 84 valence electrons. The van der Waals surface area contributed by atoms with E-state index in [2.05, 4.69) is 14.6 Å². The summed E-state index contributed by atoms with van der Waals surface area (Å²) >= 11 is 1.11. The number of hydrogen-bond donors (Lipinski definition) is 1. The van der Waals surface area contributed by atoms with E-state index in [1.165, 1.54) is 0 Å². The molecule has 17 heavy (non-hydrogen) atoms. The Kier molecular flexibility index (Phi) is 2.12. The van der Waals surface area contributed by atoms with E-state index in [0.29, 0.717) is 5.00 Å². The number of para-hydroxylation sites is 2. The van der Waals surface area contributed by atoms with Gasteiger partial charge >= 0.3 is 0 Å². The number of aromatic nitrogens is 4. The van der Waals surface area contributed by atoms with Crippen LogP contribution in [-0.2, 0) is 0 Å². The number of benzene rings is 1. The summed E-state index contributed by atoms with van der Waals surface area (Å²) < 4.78 is 5.51. The number of primary amides is 1. The van der Waals surface area contributed by atoms with Crippen molar-refractivity contribution in [2.24, 2.45) is 5.73 Å². The second kappa shape index (κ2) is 3.63. The normalized spacial score (nSPS) is 10.8. The van der Waals surface area contributed by atoms with Gasteiger partial charge in [-0.05, 0) is 12.1 Å². The largest absolute Gasteiger partial charge is 0.364 e. The molecule has 3 rings (SSSR count). The predicted octanol–water partition coefficient (Wildman–Crippen LogP) is 0.976. The summed E-state index contributed by atoms with van der Waals surface area (Å²) in [4.78, 5) is 15.4. The third kappa shape index (κ3) is 1.48. The Bertz CT molecular complexity index is 701. The lowest BCUT2D eigenvalue weighted by molar-refractivity contribution is 0.0995. The van der Waals surface area contributed by atoms with Gasteiger partial charge < -0.3 is 5.73 Å². The fraction of sp³-hybridized carbons (Fsp3) is 0. The Labute approximate surface area is 99.9 Å². The van der Waals surface area contributed by atoms with Crippen LogP contribution in [0.15, 0.2) is 30.6 Å². The van der Waals surface area contributed by atoms with Crippen LogP contribution in [0.2, 0.25) is 0 Å². The fourth-order valence-electron chi connectivity index (χ4n) is 1.62. The lowest BCUT2D eigenvalue weighted by Crippen LogP contribution is -2.14. The third-order valence-corrected chi connectivity index (χ3v) is 3.10. The zero-order valence-corrected chi connectivity index (χ0v) is 9.39. The number of nitrogens with zero attached hydrogens (tertiary/aromatic N) is 4. The molecule has 3 aromatic rings. The van der Waals surface area contributed by atoms with Crippen LogP contribution >= 0.6 is 11.5 Å². The van der Waals surface area contributed by atoms with Crippen molar-refractivity contribution in [2.45, 2.75) is 0 Å². The second-order valence-electron chi connectivity index (χ2n) is 3.39. The van der Waals surface area contributed by atoms with Crippen LogP contribution in [0.1, 0.15) is 10.5 Å². The van der Waals surface area contributed by atoms with Gasteiger partial charge in [-0.3, -0.25) is 9.36 Å². The molecule has 0 bridgehead atoms. The molecule has 0 atom stereocenters. The summed E-state index contributed by atoms with van der Waals surface area (Å²) in [6.45, 7) is 0. The van der Waals surface area contributed by atoms with E-state index in [-0.39, 0.29) is 5.69 Å². The molecule has 0 saturated heterocycles. The smallest absolute Gasteiger partial charge is 0.272 e. The van der Waals surface area contributed by atoms with Gasteiger partial charge in [0, 0.05) is 11.5 Å². The molecule has 2 heterocycles. The number of amides is 1. The molecule has 6 nitrogen and oxygen atoms in total. The first-order valence-electron chi connectivity index (χ1n) is 4.82. The van der Waals surface area contributed by atoms with Gasteiger partial charge in [-0.2, -0.15) is 0 Å². The first-order chi connectivity index (χ1) is 8.27. The van der Waals surface area contributed by atoms with E-state index in [1.807, 2.05) is 24.3 Å². The van der Waals surface area contributed by atoms with Crippen molar-refractivity contribution < 1.29 is 4.79 Å². The van der Waals surface area contributed by atoms with E-state index < -0.39 is 5.91 Å². The highest BCUT2D eigenvalue weighted by Gasteiger charge is 2.16.